The Morgan fingerprint density at radius 2 is 2.44 bits per heavy atom. The summed E-state index contributed by atoms with van der Waals surface area (Å²) in [6, 6.07) is 0. The number of carbonyl (C=O) groups is 1. The first-order valence-electron chi connectivity index (χ1n) is 5.29. The van der Waals surface area contributed by atoms with Gasteiger partial charge in [0.25, 0.3) is 5.91 Å². The second-order valence-corrected chi connectivity index (χ2v) is 4.38. The summed E-state index contributed by atoms with van der Waals surface area (Å²) < 4.78 is 1.66. The van der Waals surface area contributed by atoms with Crippen molar-refractivity contribution in [3.05, 3.63) is 11.9 Å². The highest BCUT2D eigenvalue weighted by atomic mass is 32.2. The van der Waals surface area contributed by atoms with Gasteiger partial charge in [0.2, 0.25) is 0 Å². The molecule has 1 aromatic heterocycles. The Labute approximate surface area is 99.8 Å². The Morgan fingerprint density at radius 1 is 1.69 bits per heavy atom. The van der Waals surface area contributed by atoms with E-state index in [1.165, 1.54) is 0 Å². The van der Waals surface area contributed by atoms with Crippen LogP contribution in [-0.2, 0) is 6.54 Å². The van der Waals surface area contributed by atoms with Gasteiger partial charge >= 0.3 is 0 Å². The summed E-state index contributed by atoms with van der Waals surface area (Å²) in [5.74, 6) is 0.852. The molecule has 0 aliphatic carbocycles. The van der Waals surface area contributed by atoms with Gasteiger partial charge in [0.05, 0.1) is 5.69 Å². The van der Waals surface area contributed by atoms with Crippen LogP contribution in [0.3, 0.4) is 0 Å². The fourth-order valence-electron chi connectivity index (χ4n) is 1.28. The SMILES string of the molecule is CCn1cc(N)c(C(=O)NCCCSC)n1. The first-order valence-corrected chi connectivity index (χ1v) is 6.68. The predicted molar refractivity (Wildman–Crippen MR) is 67.6 cm³/mol. The molecule has 0 aliphatic heterocycles. The van der Waals surface area contributed by atoms with Crippen LogP contribution in [0.5, 0.6) is 0 Å². The lowest BCUT2D eigenvalue weighted by molar-refractivity contribution is 0.0949. The number of hydrogen-bond donors (Lipinski definition) is 2. The second kappa shape index (κ2) is 6.42. The van der Waals surface area contributed by atoms with Gasteiger partial charge in [-0.2, -0.15) is 16.9 Å². The smallest absolute Gasteiger partial charge is 0.273 e. The van der Waals surface area contributed by atoms with Gasteiger partial charge in [0, 0.05) is 19.3 Å². The molecule has 0 spiro atoms. The molecule has 5 nitrogen and oxygen atoms in total. The molecule has 1 rings (SSSR count). The summed E-state index contributed by atoms with van der Waals surface area (Å²) in [6.45, 7) is 3.33. The number of aromatic nitrogens is 2. The van der Waals surface area contributed by atoms with Crippen LogP contribution in [0, 0.1) is 0 Å². The van der Waals surface area contributed by atoms with E-state index in [9.17, 15) is 4.79 Å². The van der Waals surface area contributed by atoms with E-state index in [0.717, 1.165) is 12.2 Å². The molecule has 3 N–H and O–H groups in total. The minimum atomic E-state index is -0.189. The Balaban J connectivity index is 2.49. The van der Waals surface area contributed by atoms with Crippen molar-refractivity contribution < 1.29 is 4.79 Å². The molecule has 0 aliphatic rings. The average molecular weight is 242 g/mol. The Morgan fingerprint density at radius 3 is 3.00 bits per heavy atom. The lowest BCUT2D eigenvalue weighted by Crippen LogP contribution is -2.26. The number of thioether (sulfide) groups is 1. The topological polar surface area (TPSA) is 72.9 Å². The van der Waals surface area contributed by atoms with Crippen molar-refractivity contribution >= 4 is 23.4 Å². The predicted octanol–water partition coefficient (Wildman–Crippen LogP) is 0.968. The largest absolute Gasteiger partial charge is 0.396 e. The first kappa shape index (κ1) is 12.9. The number of nitrogens with zero attached hydrogens (tertiary/aromatic N) is 2. The summed E-state index contributed by atoms with van der Waals surface area (Å²) >= 11 is 1.76. The highest BCUT2D eigenvalue weighted by Gasteiger charge is 2.13. The summed E-state index contributed by atoms with van der Waals surface area (Å²) in [4.78, 5) is 11.7. The van der Waals surface area contributed by atoms with E-state index in [2.05, 4.69) is 10.4 Å². The minimum absolute atomic E-state index is 0.189. The number of aryl methyl sites for hydroxylation is 1. The second-order valence-electron chi connectivity index (χ2n) is 3.39. The van der Waals surface area contributed by atoms with Crippen molar-refractivity contribution in [1.82, 2.24) is 15.1 Å². The number of hydrogen-bond acceptors (Lipinski definition) is 4. The van der Waals surface area contributed by atoms with Crippen LogP contribution in [0.25, 0.3) is 0 Å². The summed E-state index contributed by atoms with van der Waals surface area (Å²) in [5, 5.41) is 6.91. The average Bonchev–Trinajstić information content (AvgIpc) is 2.66. The molecule has 0 atom stereocenters. The molecule has 0 fully saturated rings. The maximum Gasteiger partial charge on any atom is 0.273 e. The third kappa shape index (κ3) is 3.44. The van der Waals surface area contributed by atoms with Gasteiger partial charge in [-0.25, -0.2) is 0 Å². The van der Waals surface area contributed by atoms with Crippen molar-refractivity contribution in [3.63, 3.8) is 0 Å². The van der Waals surface area contributed by atoms with E-state index < -0.39 is 0 Å². The molecule has 0 bridgehead atoms. The number of nitrogens with two attached hydrogens (primary N) is 1. The number of nitrogen functional groups attached to an aromatic ring is 1. The number of nitrogens with one attached hydrogen (secondary N) is 1. The maximum atomic E-state index is 11.7. The highest BCUT2D eigenvalue weighted by Crippen LogP contribution is 2.08. The minimum Gasteiger partial charge on any atom is -0.396 e. The Hall–Kier alpha value is -1.17. The van der Waals surface area contributed by atoms with Crippen molar-refractivity contribution in [2.24, 2.45) is 0 Å². The molecule has 1 aromatic rings. The van der Waals surface area contributed by atoms with Gasteiger partial charge in [-0.15, -0.1) is 0 Å². The molecule has 90 valence electrons. The van der Waals surface area contributed by atoms with E-state index in [1.807, 2.05) is 13.2 Å². The van der Waals surface area contributed by atoms with Crippen LogP contribution >= 0.6 is 11.8 Å². The van der Waals surface area contributed by atoms with Gasteiger partial charge in [-0.3, -0.25) is 9.48 Å². The number of amides is 1. The zero-order valence-electron chi connectivity index (χ0n) is 9.69. The lowest BCUT2D eigenvalue weighted by Gasteiger charge is -2.02. The Kier molecular flexibility index (Phi) is 5.18. The summed E-state index contributed by atoms with van der Waals surface area (Å²) in [6.07, 6.45) is 4.68. The van der Waals surface area contributed by atoms with Gasteiger partial charge in [0.1, 0.15) is 0 Å². The number of carbonyl (C=O) groups excluding carboxylic acids is 1. The normalized spacial score (nSPS) is 10.4. The third-order valence-corrected chi connectivity index (χ3v) is 2.84. The fraction of sp³-hybridized carbons (Fsp3) is 0.600. The van der Waals surface area contributed by atoms with E-state index in [4.69, 9.17) is 5.73 Å². The summed E-state index contributed by atoms with van der Waals surface area (Å²) in [7, 11) is 0. The zero-order chi connectivity index (χ0) is 12.0. The van der Waals surface area contributed by atoms with Crippen molar-refractivity contribution in [3.8, 4) is 0 Å². The molecule has 0 saturated heterocycles. The van der Waals surface area contributed by atoms with Gasteiger partial charge in [0.15, 0.2) is 5.69 Å². The van der Waals surface area contributed by atoms with E-state index in [0.29, 0.717) is 24.5 Å². The van der Waals surface area contributed by atoms with Crippen LogP contribution in [-0.4, -0.2) is 34.2 Å². The van der Waals surface area contributed by atoms with Crippen molar-refractivity contribution in [1.29, 1.82) is 0 Å². The van der Waals surface area contributed by atoms with Crippen LogP contribution in [0.1, 0.15) is 23.8 Å². The van der Waals surface area contributed by atoms with E-state index >= 15 is 0 Å². The molecule has 6 heteroatoms. The standard InChI is InChI=1S/C10H18N4OS/c1-3-14-7-8(11)9(13-14)10(15)12-5-4-6-16-2/h7H,3-6,11H2,1-2H3,(H,12,15). The molecule has 0 unspecified atom stereocenters. The summed E-state index contributed by atoms with van der Waals surface area (Å²) in [5.41, 5.74) is 6.46. The fourth-order valence-corrected chi connectivity index (χ4v) is 1.71. The number of anilines is 1. The van der Waals surface area contributed by atoms with Crippen LogP contribution in [0.4, 0.5) is 5.69 Å². The molecule has 1 heterocycles. The molecule has 0 radical (unpaired) electrons. The third-order valence-electron chi connectivity index (χ3n) is 2.14. The first-order chi connectivity index (χ1) is 7.69. The van der Waals surface area contributed by atoms with Crippen LogP contribution in [0.2, 0.25) is 0 Å². The highest BCUT2D eigenvalue weighted by molar-refractivity contribution is 7.98. The van der Waals surface area contributed by atoms with Crippen LogP contribution < -0.4 is 11.1 Å². The Bertz CT molecular complexity index is 351. The molecule has 16 heavy (non-hydrogen) atoms. The van der Waals surface area contributed by atoms with Gasteiger partial charge < -0.3 is 11.1 Å². The zero-order valence-corrected chi connectivity index (χ0v) is 10.5. The molecule has 0 aromatic carbocycles. The molecular formula is C10H18N4OS. The monoisotopic (exact) mass is 242 g/mol. The molecular weight excluding hydrogens is 224 g/mol. The van der Waals surface area contributed by atoms with Crippen molar-refractivity contribution in [2.75, 3.05) is 24.3 Å². The molecule has 0 saturated carbocycles. The number of rotatable bonds is 6. The van der Waals surface area contributed by atoms with Crippen LogP contribution in [0.15, 0.2) is 6.20 Å². The quantitative estimate of drug-likeness (QED) is 0.729. The lowest BCUT2D eigenvalue weighted by atomic mass is 10.3. The van der Waals surface area contributed by atoms with Gasteiger partial charge in [-0.1, -0.05) is 0 Å². The van der Waals surface area contributed by atoms with Crippen molar-refractivity contribution in [2.45, 2.75) is 19.9 Å². The van der Waals surface area contributed by atoms with Gasteiger partial charge in [-0.05, 0) is 25.4 Å². The maximum absolute atomic E-state index is 11.7. The van der Waals surface area contributed by atoms with E-state index in [1.54, 1.807) is 22.6 Å². The van der Waals surface area contributed by atoms with E-state index in [-0.39, 0.29) is 5.91 Å². The molecule has 1 amide bonds.